The second kappa shape index (κ2) is 6.18. The summed E-state index contributed by atoms with van der Waals surface area (Å²) >= 11 is 1.23. The number of aromatic nitrogens is 1. The second-order valence-corrected chi connectivity index (χ2v) is 5.19. The average Bonchev–Trinajstić information content (AvgIpc) is 2.72. The van der Waals surface area contributed by atoms with Crippen LogP contribution in [0.3, 0.4) is 0 Å². The zero-order valence-electron chi connectivity index (χ0n) is 9.42. The monoisotopic (exact) mass is 241 g/mol. The standard InChI is InChI=1S/C11H19N3OS/c15-11-14-10(8-16-11)7-13-5-3-9-2-1-4-12-6-9/h8-9,12-13H,1-7H2,(H,14,15). The number of thiazole rings is 1. The van der Waals surface area contributed by atoms with Crippen molar-refractivity contribution >= 4 is 11.3 Å². The Morgan fingerprint density at radius 1 is 1.56 bits per heavy atom. The minimum Gasteiger partial charge on any atom is -0.316 e. The van der Waals surface area contributed by atoms with Crippen molar-refractivity contribution < 1.29 is 0 Å². The number of hydrogen-bond donors (Lipinski definition) is 3. The van der Waals surface area contributed by atoms with Gasteiger partial charge in [0.2, 0.25) is 0 Å². The lowest BCUT2D eigenvalue weighted by molar-refractivity contribution is 0.351. The van der Waals surface area contributed by atoms with E-state index in [1.54, 1.807) is 0 Å². The zero-order chi connectivity index (χ0) is 11.2. The molecule has 1 aromatic rings. The summed E-state index contributed by atoms with van der Waals surface area (Å²) in [4.78, 5) is 13.7. The van der Waals surface area contributed by atoms with Gasteiger partial charge in [0.15, 0.2) is 0 Å². The predicted molar refractivity (Wildman–Crippen MR) is 66.9 cm³/mol. The zero-order valence-corrected chi connectivity index (χ0v) is 10.2. The van der Waals surface area contributed by atoms with Gasteiger partial charge in [-0.15, -0.1) is 0 Å². The molecule has 16 heavy (non-hydrogen) atoms. The summed E-state index contributed by atoms with van der Waals surface area (Å²) in [7, 11) is 0. The molecule has 5 heteroatoms. The van der Waals surface area contributed by atoms with E-state index in [0.29, 0.717) is 0 Å². The Morgan fingerprint density at radius 3 is 3.19 bits per heavy atom. The van der Waals surface area contributed by atoms with Crippen LogP contribution in [0.4, 0.5) is 0 Å². The molecule has 0 saturated carbocycles. The summed E-state index contributed by atoms with van der Waals surface area (Å²) in [5.41, 5.74) is 0.997. The van der Waals surface area contributed by atoms with Crippen molar-refractivity contribution in [2.75, 3.05) is 19.6 Å². The summed E-state index contributed by atoms with van der Waals surface area (Å²) < 4.78 is 0. The van der Waals surface area contributed by atoms with E-state index in [4.69, 9.17) is 0 Å². The predicted octanol–water partition coefficient (Wildman–Crippen LogP) is 0.916. The van der Waals surface area contributed by atoms with Crippen LogP contribution in [-0.4, -0.2) is 24.6 Å². The third-order valence-corrected chi connectivity index (χ3v) is 3.73. The van der Waals surface area contributed by atoms with Gasteiger partial charge < -0.3 is 15.6 Å². The summed E-state index contributed by atoms with van der Waals surface area (Å²) in [6, 6.07) is 0. The summed E-state index contributed by atoms with van der Waals surface area (Å²) in [6.45, 7) is 4.15. The van der Waals surface area contributed by atoms with E-state index < -0.39 is 0 Å². The molecule has 2 heterocycles. The number of H-pyrrole nitrogens is 1. The number of rotatable bonds is 5. The first-order chi connectivity index (χ1) is 7.84. The summed E-state index contributed by atoms with van der Waals surface area (Å²) in [5.74, 6) is 0.822. The van der Waals surface area contributed by atoms with Gasteiger partial charge in [0, 0.05) is 17.6 Å². The molecule has 4 nitrogen and oxygen atoms in total. The van der Waals surface area contributed by atoms with Crippen molar-refractivity contribution in [1.82, 2.24) is 15.6 Å². The van der Waals surface area contributed by atoms with Gasteiger partial charge in [-0.2, -0.15) is 0 Å². The molecule has 1 unspecified atom stereocenters. The maximum atomic E-state index is 10.9. The van der Waals surface area contributed by atoms with E-state index in [0.717, 1.165) is 31.2 Å². The molecule has 3 N–H and O–H groups in total. The van der Waals surface area contributed by atoms with Crippen LogP contribution in [-0.2, 0) is 6.54 Å². The van der Waals surface area contributed by atoms with Gasteiger partial charge in [-0.05, 0) is 44.8 Å². The molecular weight excluding hydrogens is 222 g/mol. The molecule has 1 aliphatic heterocycles. The van der Waals surface area contributed by atoms with Crippen LogP contribution >= 0.6 is 11.3 Å². The lowest BCUT2D eigenvalue weighted by Gasteiger charge is -2.22. The van der Waals surface area contributed by atoms with E-state index in [1.807, 2.05) is 5.38 Å². The lowest BCUT2D eigenvalue weighted by atomic mass is 9.96. The van der Waals surface area contributed by atoms with Crippen molar-refractivity contribution in [2.24, 2.45) is 5.92 Å². The average molecular weight is 241 g/mol. The van der Waals surface area contributed by atoms with Crippen LogP contribution < -0.4 is 15.5 Å². The maximum absolute atomic E-state index is 10.9. The van der Waals surface area contributed by atoms with Gasteiger partial charge in [-0.1, -0.05) is 11.3 Å². The fourth-order valence-electron chi connectivity index (χ4n) is 2.10. The minimum atomic E-state index is 0.0354. The van der Waals surface area contributed by atoms with Crippen molar-refractivity contribution in [3.8, 4) is 0 Å². The Balaban J connectivity index is 1.59. The van der Waals surface area contributed by atoms with Crippen molar-refractivity contribution in [3.05, 3.63) is 20.7 Å². The van der Waals surface area contributed by atoms with Crippen LogP contribution in [0.1, 0.15) is 25.0 Å². The largest absolute Gasteiger partial charge is 0.316 e. The number of nitrogens with one attached hydrogen (secondary N) is 3. The summed E-state index contributed by atoms with van der Waals surface area (Å²) in [6.07, 6.45) is 3.88. The Bertz CT molecular complexity index is 354. The van der Waals surface area contributed by atoms with Gasteiger partial charge in [-0.3, -0.25) is 4.79 Å². The molecular formula is C11H19N3OS. The van der Waals surface area contributed by atoms with Crippen molar-refractivity contribution in [1.29, 1.82) is 0 Å². The van der Waals surface area contributed by atoms with Gasteiger partial charge in [0.25, 0.3) is 0 Å². The van der Waals surface area contributed by atoms with E-state index in [-0.39, 0.29) is 4.87 Å². The fourth-order valence-corrected chi connectivity index (χ4v) is 2.68. The highest BCUT2D eigenvalue weighted by atomic mass is 32.1. The fraction of sp³-hybridized carbons (Fsp3) is 0.727. The minimum absolute atomic E-state index is 0.0354. The normalized spacial score (nSPS) is 21.1. The molecule has 1 aromatic heterocycles. The Labute approximate surface area is 99.5 Å². The van der Waals surface area contributed by atoms with Crippen LogP contribution in [0.5, 0.6) is 0 Å². The van der Waals surface area contributed by atoms with Gasteiger partial charge in [0.1, 0.15) is 0 Å². The lowest BCUT2D eigenvalue weighted by Crippen LogP contribution is -2.31. The van der Waals surface area contributed by atoms with Gasteiger partial charge in [0.05, 0.1) is 0 Å². The quantitative estimate of drug-likeness (QED) is 0.672. The first-order valence-electron chi connectivity index (χ1n) is 5.93. The number of aromatic amines is 1. The third kappa shape index (κ3) is 3.73. The smallest absolute Gasteiger partial charge is 0.304 e. The molecule has 1 fully saturated rings. The molecule has 2 rings (SSSR count). The highest BCUT2D eigenvalue weighted by molar-refractivity contribution is 7.07. The third-order valence-electron chi connectivity index (χ3n) is 3.01. The number of hydrogen-bond acceptors (Lipinski definition) is 4. The Morgan fingerprint density at radius 2 is 2.50 bits per heavy atom. The molecule has 1 saturated heterocycles. The van der Waals surface area contributed by atoms with Gasteiger partial charge in [-0.25, -0.2) is 0 Å². The van der Waals surface area contributed by atoms with Crippen molar-refractivity contribution in [3.63, 3.8) is 0 Å². The molecule has 1 aliphatic rings. The molecule has 90 valence electrons. The molecule has 0 radical (unpaired) electrons. The summed E-state index contributed by atoms with van der Waals surface area (Å²) in [5, 5.41) is 8.68. The van der Waals surface area contributed by atoms with Crippen LogP contribution in [0.25, 0.3) is 0 Å². The van der Waals surface area contributed by atoms with Crippen LogP contribution in [0.15, 0.2) is 10.2 Å². The first-order valence-corrected chi connectivity index (χ1v) is 6.80. The van der Waals surface area contributed by atoms with Crippen molar-refractivity contribution in [2.45, 2.75) is 25.8 Å². The second-order valence-electron chi connectivity index (χ2n) is 4.35. The van der Waals surface area contributed by atoms with Gasteiger partial charge >= 0.3 is 4.87 Å². The molecule has 0 amide bonds. The van der Waals surface area contributed by atoms with Crippen LogP contribution in [0.2, 0.25) is 0 Å². The SMILES string of the molecule is O=c1[nH]c(CNCCC2CCCNC2)cs1. The maximum Gasteiger partial charge on any atom is 0.304 e. The molecule has 1 atom stereocenters. The highest BCUT2D eigenvalue weighted by Crippen LogP contribution is 2.12. The van der Waals surface area contributed by atoms with E-state index in [9.17, 15) is 4.79 Å². The van der Waals surface area contributed by atoms with Crippen LogP contribution in [0, 0.1) is 5.92 Å². The molecule has 0 bridgehead atoms. The van der Waals surface area contributed by atoms with E-state index in [2.05, 4.69) is 15.6 Å². The highest BCUT2D eigenvalue weighted by Gasteiger charge is 2.11. The van der Waals surface area contributed by atoms with E-state index >= 15 is 0 Å². The molecule has 0 aromatic carbocycles. The molecule has 0 spiro atoms. The Kier molecular flexibility index (Phi) is 4.56. The Hall–Kier alpha value is -0.650. The van der Waals surface area contributed by atoms with E-state index in [1.165, 1.54) is 37.1 Å². The topological polar surface area (TPSA) is 56.9 Å². The molecule has 0 aliphatic carbocycles. The number of piperidine rings is 1. The first kappa shape index (κ1) is 11.8.